The fourth-order valence-corrected chi connectivity index (χ4v) is 1.56. The summed E-state index contributed by atoms with van der Waals surface area (Å²) in [5.41, 5.74) is 1.61. The Labute approximate surface area is 118 Å². The molecule has 2 aromatic rings. The van der Waals surface area contributed by atoms with Crippen molar-refractivity contribution in [3.8, 4) is 11.5 Å². The number of nitrogens with one attached hydrogen (secondary N) is 1. The third-order valence-corrected chi connectivity index (χ3v) is 2.85. The first-order valence-corrected chi connectivity index (χ1v) is 6.54. The smallest absolute Gasteiger partial charge is 0.247 e. The maximum atomic E-state index is 11.8. The lowest BCUT2D eigenvalue weighted by molar-refractivity contribution is -0.128. The van der Waals surface area contributed by atoms with Crippen LogP contribution in [0.15, 0.2) is 28.7 Å². The van der Waals surface area contributed by atoms with E-state index in [1.54, 1.807) is 0 Å². The van der Waals surface area contributed by atoms with Crippen molar-refractivity contribution in [2.75, 3.05) is 0 Å². The van der Waals surface area contributed by atoms with Crippen LogP contribution in [0.25, 0.3) is 11.5 Å². The zero-order chi connectivity index (χ0) is 14.8. The Hall–Kier alpha value is -2.17. The molecule has 1 aromatic carbocycles. The first-order valence-electron chi connectivity index (χ1n) is 6.54. The van der Waals surface area contributed by atoms with E-state index in [1.165, 1.54) is 5.56 Å². The maximum Gasteiger partial charge on any atom is 0.247 e. The number of aromatic nitrogens is 2. The molecule has 0 aliphatic carbocycles. The van der Waals surface area contributed by atoms with Crippen molar-refractivity contribution in [2.45, 2.75) is 34.2 Å². The first kappa shape index (κ1) is 14.2. The van der Waals surface area contributed by atoms with Crippen LogP contribution < -0.4 is 5.32 Å². The Kier molecular flexibility index (Phi) is 3.88. The molecule has 1 heterocycles. The summed E-state index contributed by atoms with van der Waals surface area (Å²) in [6.45, 7) is 7.83. The highest BCUT2D eigenvalue weighted by atomic mass is 16.4. The summed E-state index contributed by atoms with van der Waals surface area (Å²) in [7, 11) is 0. The molecule has 0 saturated carbocycles. The van der Waals surface area contributed by atoms with Crippen LogP contribution in [-0.2, 0) is 11.3 Å². The molecule has 1 amide bonds. The van der Waals surface area contributed by atoms with Crippen LogP contribution in [0.5, 0.6) is 0 Å². The van der Waals surface area contributed by atoms with Gasteiger partial charge in [0.05, 0.1) is 6.54 Å². The number of carbonyl (C=O) groups is 1. The summed E-state index contributed by atoms with van der Waals surface area (Å²) in [5, 5.41) is 10.7. The molecule has 0 spiro atoms. The van der Waals surface area contributed by atoms with E-state index in [2.05, 4.69) is 15.5 Å². The van der Waals surface area contributed by atoms with E-state index in [-0.39, 0.29) is 12.5 Å². The zero-order valence-electron chi connectivity index (χ0n) is 12.2. The molecule has 0 unspecified atom stereocenters. The van der Waals surface area contributed by atoms with Gasteiger partial charge in [0.1, 0.15) is 0 Å². The van der Waals surface area contributed by atoms with Crippen molar-refractivity contribution < 1.29 is 9.21 Å². The van der Waals surface area contributed by atoms with E-state index in [1.807, 2.05) is 52.0 Å². The zero-order valence-corrected chi connectivity index (χ0v) is 12.2. The molecule has 0 saturated heterocycles. The van der Waals surface area contributed by atoms with Crippen molar-refractivity contribution in [1.29, 1.82) is 0 Å². The summed E-state index contributed by atoms with van der Waals surface area (Å²) in [4.78, 5) is 11.8. The van der Waals surface area contributed by atoms with E-state index in [9.17, 15) is 4.79 Å². The number of carbonyl (C=O) groups excluding carboxylic acids is 1. The average molecular weight is 273 g/mol. The van der Waals surface area contributed by atoms with E-state index >= 15 is 0 Å². The van der Waals surface area contributed by atoms with Crippen LogP contribution in [0.1, 0.15) is 32.2 Å². The van der Waals surface area contributed by atoms with Gasteiger partial charge < -0.3 is 9.73 Å². The highest BCUT2D eigenvalue weighted by Crippen LogP contribution is 2.18. The summed E-state index contributed by atoms with van der Waals surface area (Å²) in [5.74, 6) is 0.816. The Balaban J connectivity index is 2.03. The predicted octanol–water partition coefficient (Wildman–Crippen LogP) is 2.71. The second-order valence-electron chi connectivity index (χ2n) is 5.80. The Bertz CT molecular complexity index is 594. The lowest BCUT2D eigenvalue weighted by Crippen LogP contribution is -2.34. The lowest BCUT2D eigenvalue weighted by atomic mass is 9.96. The number of nitrogens with zero attached hydrogens (tertiary/aromatic N) is 2. The van der Waals surface area contributed by atoms with E-state index in [0.29, 0.717) is 11.8 Å². The minimum absolute atomic E-state index is 0.0485. The largest absolute Gasteiger partial charge is 0.419 e. The molecule has 0 fully saturated rings. The van der Waals surface area contributed by atoms with Gasteiger partial charge in [-0.05, 0) is 19.1 Å². The number of amides is 1. The molecule has 5 nitrogen and oxygen atoms in total. The van der Waals surface area contributed by atoms with Gasteiger partial charge in [0, 0.05) is 11.0 Å². The summed E-state index contributed by atoms with van der Waals surface area (Å²) in [6, 6.07) is 7.84. The first-order chi connectivity index (χ1) is 9.36. The van der Waals surface area contributed by atoms with E-state index in [4.69, 9.17) is 4.42 Å². The van der Waals surface area contributed by atoms with Gasteiger partial charge >= 0.3 is 0 Å². The standard InChI is InChI=1S/C15H19N3O2/c1-10-5-7-11(8-6-10)13-18-17-12(20-13)9-16-14(19)15(2,3)4/h5-8H,9H2,1-4H3,(H,16,19). The quantitative estimate of drug-likeness (QED) is 0.933. The lowest BCUT2D eigenvalue weighted by Gasteiger charge is -2.16. The molecule has 106 valence electrons. The van der Waals surface area contributed by atoms with Crippen LogP contribution in [0.2, 0.25) is 0 Å². The van der Waals surface area contributed by atoms with Gasteiger partial charge in [0.15, 0.2) is 0 Å². The molecule has 5 heteroatoms. The number of benzene rings is 1. The normalized spacial score (nSPS) is 11.4. The van der Waals surface area contributed by atoms with Crippen molar-refractivity contribution >= 4 is 5.91 Å². The van der Waals surface area contributed by atoms with Gasteiger partial charge in [-0.15, -0.1) is 10.2 Å². The molecular weight excluding hydrogens is 254 g/mol. The van der Waals surface area contributed by atoms with Crippen LogP contribution in [0.4, 0.5) is 0 Å². The molecule has 20 heavy (non-hydrogen) atoms. The molecule has 2 rings (SSSR count). The highest BCUT2D eigenvalue weighted by Gasteiger charge is 2.21. The topological polar surface area (TPSA) is 68.0 Å². The Morgan fingerprint density at radius 3 is 2.45 bits per heavy atom. The van der Waals surface area contributed by atoms with Crippen molar-refractivity contribution in [3.05, 3.63) is 35.7 Å². The molecule has 0 atom stereocenters. The average Bonchev–Trinajstić information content (AvgIpc) is 2.84. The van der Waals surface area contributed by atoms with E-state index in [0.717, 1.165) is 5.56 Å². The molecule has 0 radical (unpaired) electrons. The van der Waals surface area contributed by atoms with Crippen molar-refractivity contribution in [3.63, 3.8) is 0 Å². The van der Waals surface area contributed by atoms with Gasteiger partial charge in [0.25, 0.3) is 0 Å². The molecule has 0 aliphatic heterocycles. The summed E-state index contributed by atoms with van der Waals surface area (Å²) < 4.78 is 5.54. The fourth-order valence-electron chi connectivity index (χ4n) is 1.56. The summed E-state index contributed by atoms with van der Waals surface area (Å²) in [6.07, 6.45) is 0. The monoisotopic (exact) mass is 273 g/mol. The van der Waals surface area contributed by atoms with Crippen molar-refractivity contribution in [2.24, 2.45) is 5.41 Å². The molecule has 1 aromatic heterocycles. The second kappa shape index (κ2) is 5.45. The molecule has 0 bridgehead atoms. The van der Waals surface area contributed by atoms with Crippen LogP contribution in [0.3, 0.4) is 0 Å². The van der Waals surface area contributed by atoms with Crippen molar-refractivity contribution in [1.82, 2.24) is 15.5 Å². The molecule has 1 N–H and O–H groups in total. The van der Waals surface area contributed by atoms with Crippen LogP contribution in [0, 0.1) is 12.3 Å². The van der Waals surface area contributed by atoms with E-state index < -0.39 is 5.41 Å². The highest BCUT2D eigenvalue weighted by molar-refractivity contribution is 5.81. The summed E-state index contributed by atoms with van der Waals surface area (Å²) >= 11 is 0. The number of aryl methyl sites for hydroxylation is 1. The van der Waals surface area contributed by atoms with Crippen LogP contribution in [-0.4, -0.2) is 16.1 Å². The Morgan fingerprint density at radius 1 is 1.20 bits per heavy atom. The van der Waals surface area contributed by atoms with Crippen LogP contribution >= 0.6 is 0 Å². The number of hydrogen-bond donors (Lipinski definition) is 1. The number of hydrogen-bond acceptors (Lipinski definition) is 4. The Morgan fingerprint density at radius 2 is 1.85 bits per heavy atom. The van der Waals surface area contributed by atoms with Gasteiger partial charge in [-0.25, -0.2) is 0 Å². The third-order valence-electron chi connectivity index (χ3n) is 2.85. The van der Waals surface area contributed by atoms with Gasteiger partial charge in [-0.3, -0.25) is 4.79 Å². The van der Waals surface area contributed by atoms with Gasteiger partial charge in [0.2, 0.25) is 17.7 Å². The van der Waals surface area contributed by atoms with Gasteiger partial charge in [-0.2, -0.15) is 0 Å². The maximum absolute atomic E-state index is 11.8. The van der Waals surface area contributed by atoms with Gasteiger partial charge in [-0.1, -0.05) is 38.5 Å². The second-order valence-corrected chi connectivity index (χ2v) is 5.80. The third kappa shape index (κ3) is 3.44. The fraction of sp³-hybridized carbons (Fsp3) is 0.400. The molecule has 0 aliphatic rings. The SMILES string of the molecule is Cc1ccc(-c2nnc(CNC(=O)C(C)(C)C)o2)cc1. The minimum Gasteiger partial charge on any atom is -0.419 e. The minimum atomic E-state index is -0.431. The molecular formula is C15H19N3O2. The number of rotatable bonds is 3. The predicted molar refractivity (Wildman–Crippen MR) is 75.8 cm³/mol.